The van der Waals surface area contributed by atoms with Gasteiger partial charge in [0.15, 0.2) is 12.0 Å². The molecular weight excluding hydrogens is 272 g/mol. The molecule has 6 nitrogen and oxygen atoms in total. The highest BCUT2D eigenvalue weighted by Crippen LogP contribution is 2.31. The van der Waals surface area contributed by atoms with Crippen LogP contribution in [0.1, 0.15) is 45.3 Å². The quantitative estimate of drug-likeness (QED) is 0.750. The molecule has 1 unspecified atom stereocenters. The number of aromatic nitrogens is 1. The smallest absolute Gasteiger partial charge is 0.254 e. The van der Waals surface area contributed by atoms with Crippen molar-refractivity contribution >= 4 is 12.2 Å². The molecule has 2 rings (SSSR count). The van der Waals surface area contributed by atoms with Crippen LogP contribution in [0.5, 0.6) is 5.88 Å². The highest BCUT2D eigenvalue weighted by atomic mass is 16.5. The van der Waals surface area contributed by atoms with Gasteiger partial charge in [0.1, 0.15) is 12.5 Å². The van der Waals surface area contributed by atoms with E-state index in [0.717, 1.165) is 19.4 Å². The lowest BCUT2D eigenvalue weighted by molar-refractivity contribution is -0.134. The van der Waals surface area contributed by atoms with Crippen LogP contribution < -0.4 is 4.74 Å². The second-order valence-electron chi connectivity index (χ2n) is 5.79. The number of ether oxygens (including phenoxy) is 1. The zero-order valence-electron chi connectivity index (χ0n) is 12.7. The lowest BCUT2D eigenvalue weighted by atomic mass is 9.91. The van der Waals surface area contributed by atoms with E-state index in [4.69, 9.17) is 9.26 Å². The molecule has 0 N–H and O–H groups in total. The van der Waals surface area contributed by atoms with Crippen LogP contribution in [-0.2, 0) is 9.59 Å². The number of hydrogen-bond donors (Lipinski definition) is 0. The number of amides is 1. The molecule has 0 aromatic carbocycles. The summed E-state index contributed by atoms with van der Waals surface area (Å²) >= 11 is 0. The number of rotatable bonds is 6. The third-order valence-corrected chi connectivity index (χ3v) is 3.88. The van der Waals surface area contributed by atoms with E-state index in [1.54, 1.807) is 6.07 Å². The fraction of sp³-hybridized carbons (Fsp3) is 0.667. The first-order chi connectivity index (χ1) is 10.0. The van der Waals surface area contributed by atoms with Crippen molar-refractivity contribution in [3.8, 4) is 5.88 Å². The SMILES string of the molecule is CC(C)C(C(=O)N1CCC[C@H]1C)c1cc(OCC=O)no1. The van der Waals surface area contributed by atoms with Gasteiger partial charge in [-0.15, -0.1) is 0 Å². The molecule has 1 aromatic rings. The summed E-state index contributed by atoms with van der Waals surface area (Å²) in [6.45, 7) is 6.76. The summed E-state index contributed by atoms with van der Waals surface area (Å²) in [6, 6.07) is 1.87. The molecular formula is C15H22N2O4. The van der Waals surface area contributed by atoms with Crippen LogP contribution in [0.3, 0.4) is 0 Å². The maximum atomic E-state index is 12.8. The summed E-state index contributed by atoms with van der Waals surface area (Å²) < 4.78 is 10.4. The number of aldehydes is 1. The van der Waals surface area contributed by atoms with Gasteiger partial charge in [-0.2, -0.15) is 0 Å². The van der Waals surface area contributed by atoms with Crippen LogP contribution in [0.15, 0.2) is 10.6 Å². The number of likely N-dealkylation sites (tertiary alicyclic amines) is 1. The highest BCUT2D eigenvalue weighted by molar-refractivity contribution is 5.84. The van der Waals surface area contributed by atoms with Gasteiger partial charge in [0, 0.05) is 18.7 Å². The van der Waals surface area contributed by atoms with E-state index in [1.807, 2.05) is 18.7 Å². The Morgan fingerprint density at radius 3 is 2.95 bits per heavy atom. The standard InChI is InChI=1S/C15H22N2O4/c1-10(2)14(15(19)17-6-4-5-11(17)3)12-9-13(16-21-12)20-8-7-18/h7,9-11,14H,4-6,8H2,1-3H3/t11-,14?/m1/s1. The molecule has 2 heterocycles. The third-order valence-electron chi connectivity index (χ3n) is 3.88. The fourth-order valence-electron chi connectivity index (χ4n) is 2.78. The topological polar surface area (TPSA) is 72.6 Å². The summed E-state index contributed by atoms with van der Waals surface area (Å²) in [7, 11) is 0. The van der Waals surface area contributed by atoms with Crippen molar-refractivity contribution in [3.63, 3.8) is 0 Å². The molecule has 2 atom stereocenters. The Morgan fingerprint density at radius 2 is 2.38 bits per heavy atom. The van der Waals surface area contributed by atoms with E-state index in [-0.39, 0.29) is 36.3 Å². The first-order valence-electron chi connectivity index (χ1n) is 7.38. The molecule has 0 bridgehead atoms. The minimum atomic E-state index is -0.369. The fourth-order valence-corrected chi connectivity index (χ4v) is 2.78. The van der Waals surface area contributed by atoms with Crippen molar-refractivity contribution in [2.45, 2.75) is 45.6 Å². The molecule has 1 aliphatic heterocycles. The Kier molecular flexibility index (Phi) is 4.98. The van der Waals surface area contributed by atoms with Gasteiger partial charge in [0.2, 0.25) is 5.91 Å². The van der Waals surface area contributed by atoms with Gasteiger partial charge in [0.05, 0.1) is 0 Å². The molecule has 1 fully saturated rings. The van der Waals surface area contributed by atoms with Gasteiger partial charge < -0.3 is 14.2 Å². The second-order valence-corrected chi connectivity index (χ2v) is 5.79. The van der Waals surface area contributed by atoms with E-state index in [2.05, 4.69) is 12.1 Å². The molecule has 21 heavy (non-hydrogen) atoms. The maximum absolute atomic E-state index is 12.8. The summed E-state index contributed by atoms with van der Waals surface area (Å²) in [4.78, 5) is 25.0. The van der Waals surface area contributed by atoms with E-state index in [9.17, 15) is 9.59 Å². The van der Waals surface area contributed by atoms with Gasteiger partial charge in [-0.25, -0.2) is 0 Å². The largest absolute Gasteiger partial charge is 0.468 e. The van der Waals surface area contributed by atoms with Gasteiger partial charge in [0.25, 0.3) is 5.88 Å². The summed E-state index contributed by atoms with van der Waals surface area (Å²) in [6.07, 6.45) is 2.73. The lowest BCUT2D eigenvalue weighted by Crippen LogP contribution is -2.38. The monoisotopic (exact) mass is 294 g/mol. The molecule has 6 heteroatoms. The zero-order valence-corrected chi connectivity index (χ0v) is 12.7. The lowest BCUT2D eigenvalue weighted by Gasteiger charge is -2.27. The minimum absolute atomic E-state index is 0.0740. The van der Waals surface area contributed by atoms with Crippen molar-refractivity contribution in [1.82, 2.24) is 10.1 Å². The number of carbonyl (C=O) groups excluding carboxylic acids is 2. The second kappa shape index (κ2) is 6.74. The Bertz CT molecular complexity index is 498. The van der Waals surface area contributed by atoms with Crippen LogP contribution in [-0.4, -0.2) is 41.4 Å². The Labute approximate surface area is 124 Å². The average Bonchev–Trinajstić information content (AvgIpc) is 3.05. The summed E-state index contributed by atoms with van der Waals surface area (Å²) in [5.41, 5.74) is 0. The van der Waals surface area contributed by atoms with Gasteiger partial charge in [-0.05, 0) is 30.8 Å². The van der Waals surface area contributed by atoms with Crippen LogP contribution in [0.2, 0.25) is 0 Å². The number of carbonyl (C=O) groups is 2. The van der Waals surface area contributed by atoms with E-state index in [0.29, 0.717) is 12.0 Å². The van der Waals surface area contributed by atoms with Crippen molar-refractivity contribution in [3.05, 3.63) is 11.8 Å². The minimum Gasteiger partial charge on any atom is -0.468 e. The first kappa shape index (κ1) is 15.5. The van der Waals surface area contributed by atoms with E-state index < -0.39 is 0 Å². The molecule has 0 aliphatic carbocycles. The molecule has 1 aliphatic rings. The zero-order chi connectivity index (χ0) is 15.4. The van der Waals surface area contributed by atoms with Gasteiger partial charge >= 0.3 is 0 Å². The maximum Gasteiger partial charge on any atom is 0.254 e. The van der Waals surface area contributed by atoms with Crippen molar-refractivity contribution in [2.24, 2.45) is 5.92 Å². The molecule has 1 saturated heterocycles. The Hall–Kier alpha value is -1.85. The van der Waals surface area contributed by atoms with Crippen LogP contribution in [0.4, 0.5) is 0 Å². The third kappa shape index (κ3) is 3.43. The first-order valence-corrected chi connectivity index (χ1v) is 7.38. The highest BCUT2D eigenvalue weighted by Gasteiger charge is 2.35. The summed E-state index contributed by atoms with van der Waals surface area (Å²) in [5.74, 6) is 0.539. The normalized spacial score (nSPS) is 19.8. The van der Waals surface area contributed by atoms with Gasteiger partial charge in [-0.3, -0.25) is 9.59 Å². The average molecular weight is 294 g/mol. The molecule has 1 amide bonds. The van der Waals surface area contributed by atoms with Crippen molar-refractivity contribution in [2.75, 3.05) is 13.2 Å². The van der Waals surface area contributed by atoms with Gasteiger partial charge in [-0.1, -0.05) is 13.8 Å². The Balaban J connectivity index is 2.16. The Morgan fingerprint density at radius 1 is 1.62 bits per heavy atom. The predicted octanol–water partition coefficient (Wildman–Crippen LogP) is 2.00. The van der Waals surface area contributed by atoms with Crippen molar-refractivity contribution in [1.29, 1.82) is 0 Å². The predicted molar refractivity (Wildman–Crippen MR) is 76.1 cm³/mol. The van der Waals surface area contributed by atoms with E-state index in [1.165, 1.54) is 0 Å². The van der Waals surface area contributed by atoms with Crippen LogP contribution in [0.25, 0.3) is 0 Å². The van der Waals surface area contributed by atoms with Crippen LogP contribution >= 0.6 is 0 Å². The molecule has 0 spiro atoms. The number of hydrogen-bond acceptors (Lipinski definition) is 5. The molecule has 0 radical (unpaired) electrons. The summed E-state index contributed by atoms with van der Waals surface area (Å²) in [5, 5.41) is 3.76. The number of nitrogens with zero attached hydrogens (tertiary/aromatic N) is 2. The molecule has 1 aromatic heterocycles. The van der Waals surface area contributed by atoms with E-state index >= 15 is 0 Å². The van der Waals surface area contributed by atoms with Crippen molar-refractivity contribution < 1.29 is 18.8 Å². The molecule has 0 saturated carbocycles. The van der Waals surface area contributed by atoms with Crippen LogP contribution in [0, 0.1) is 5.92 Å². The molecule has 116 valence electrons.